The summed E-state index contributed by atoms with van der Waals surface area (Å²) >= 11 is 0. The molecule has 0 nitrogen and oxygen atoms in total. The molecule has 2 aromatic carbocycles. The fourth-order valence-corrected chi connectivity index (χ4v) is 4.27. The number of hydrogen-bond acceptors (Lipinski definition) is 0. The van der Waals surface area contributed by atoms with Gasteiger partial charge >= 0.3 is 0 Å². The fourth-order valence-electron chi connectivity index (χ4n) is 4.27. The van der Waals surface area contributed by atoms with Crippen LogP contribution in [0.25, 0.3) is 11.1 Å². The molecule has 1 unspecified atom stereocenters. The van der Waals surface area contributed by atoms with Crippen LogP contribution in [0.5, 0.6) is 0 Å². The predicted molar refractivity (Wildman–Crippen MR) is 110 cm³/mol. The van der Waals surface area contributed by atoms with Crippen molar-refractivity contribution >= 4 is 0 Å². The molecule has 2 aromatic rings. The second-order valence-electron chi connectivity index (χ2n) is 7.89. The molecule has 1 aliphatic rings. The van der Waals surface area contributed by atoms with E-state index < -0.39 is 0 Å². The van der Waals surface area contributed by atoms with E-state index in [9.17, 15) is 0 Å². The van der Waals surface area contributed by atoms with E-state index in [1.54, 1.807) is 11.1 Å². The highest BCUT2D eigenvalue weighted by Gasteiger charge is 2.18. The van der Waals surface area contributed by atoms with Gasteiger partial charge in [-0.3, -0.25) is 0 Å². The molecule has 0 aromatic heterocycles. The number of hydrogen-bond donors (Lipinski definition) is 0. The van der Waals surface area contributed by atoms with Crippen LogP contribution in [-0.4, -0.2) is 0 Å². The molecule has 0 heterocycles. The Morgan fingerprint density at radius 1 is 0.800 bits per heavy atom. The van der Waals surface area contributed by atoms with E-state index in [1.807, 2.05) is 0 Å². The molecular weight excluding hydrogens is 300 g/mol. The molecule has 0 bridgehead atoms. The SMILES string of the molecule is CCCCCCC1CCc2cc(-c3ccc(CCC)cc3)ccc2C1. The van der Waals surface area contributed by atoms with Crippen LogP contribution < -0.4 is 0 Å². The highest BCUT2D eigenvalue weighted by molar-refractivity contribution is 5.65. The zero-order valence-electron chi connectivity index (χ0n) is 16.2. The molecular formula is C25H34. The minimum atomic E-state index is 0.920. The van der Waals surface area contributed by atoms with Gasteiger partial charge in [0, 0.05) is 0 Å². The first-order valence-electron chi connectivity index (χ1n) is 10.5. The number of rotatable bonds is 8. The molecule has 0 fully saturated rings. The van der Waals surface area contributed by atoms with Crippen molar-refractivity contribution in [3.05, 3.63) is 59.2 Å². The van der Waals surface area contributed by atoms with Crippen LogP contribution in [0.4, 0.5) is 0 Å². The van der Waals surface area contributed by atoms with E-state index in [4.69, 9.17) is 0 Å². The first-order chi connectivity index (χ1) is 12.3. The molecule has 0 aliphatic heterocycles. The highest BCUT2D eigenvalue weighted by atomic mass is 14.2. The third kappa shape index (κ3) is 4.97. The highest BCUT2D eigenvalue weighted by Crippen LogP contribution is 2.32. The van der Waals surface area contributed by atoms with Gasteiger partial charge in [0.25, 0.3) is 0 Å². The monoisotopic (exact) mass is 334 g/mol. The largest absolute Gasteiger partial charge is 0.0654 e. The zero-order chi connectivity index (χ0) is 17.5. The van der Waals surface area contributed by atoms with E-state index in [-0.39, 0.29) is 0 Å². The molecule has 0 amide bonds. The maximum absolute atomic E-state index is 2.46. The van der Waals surface area contributed by atoms with Crippen LogP contribution in [0.1, 0.15) is 75.5 Å². The van der Waals surface area contributed by atoms with Crippen molar-refractivity contribution in [3.8, 4) is 11.1 Å². The lowest BCUT2D eigenvalue weighted by atomic mass is 9.80. The van der Waals surface area contributed by atoms with E-state index in [0.717, 1.165) is 5.92 Å². The molecule has 0 N–H and O–H groups in total. The number of benzene rings is 2. The number of fused-ring (bicyclic) bond motifs is 1. The molecule has 0 radical (unpaired) electrons. The Kier molecular flexibility index (Phi) is 6.73. The van der Waals surface area contributed by atoms with Gasteiger partial charge in [0.15, 0.2) is 0 Å². The van der Waals surface area contributed by atoms with Crippen molar-refractivity contribution < 1.29 is 0 Å². The molecule has 0 saturated heterocycles. The molecule has 1 aliphatic carbocycles. The summed E-state index contributed by atoms with van der Waals surface area (Å²) in [4.78, 5) is 0. The molecule has 0 saturated carbocycles. The smallest absolute Gasteiger partial charge is 0.0181 e. The summed E-state index contributed by atoms with van der Waals surface area (Å²) in [6.07, 6.45) is 13.4. The van der Waals surface area contributed by atoms with E-state index >= 15 is 0 Å². The fraction of sp³-hybridized carbons (Fsp3) is 0.520. The van der Waals surface area contributed by atoms with Crippen molar-refractivity contribution in [2.75, 3.05) is 0 Å². The summed E-state index contributed by atoms with van der Waals surface area (Å²) in [6.45, 7) is 4.54. The summed E-state index contributed by atoms with van der Waals surface area (Å²) in [5.74, 6) is 0.920. The molecule has 3 rings (SSSR count). The van der Waals surface area contributed by atoms with Gasteiger partial charge in [0.2, 0.25) is 0 Å². The lowest BCUT2D eigenvalue weighted by Crippen LogP contribution is -2.14. The third-order valence-corrected chi connectivity index (χ3v) is 5.83. The standard InChI is InChI=1S/C25H34/c1-3-5-6-7-9-21-12-15-25-19-24(17-16-23(25)18-21)22-13-10-20(8-4-2)11-14-22/h10-11,13-14,16-17,19,21H,3-9,12,15,18H2,1-2H3. The van der Waals surface area contributed by atoms with Gasteiger partial charge in [-0.25, -0.2) is 0 Å². The van der Waals surface area contributed by atoms with Gasteiger partial charge in [-0.2, -0.15) is 0 Å². The number of aryl methyl sites for hydroxylation is 2. The van der Waals surface area contributed by atoms with Crippen LogP contribution in [0, 0.1) is 5.92 Å². The summed E-state index contributed by atoms with van der Waals surface area (Å²) in [5.41, 5.74) is 7.42. The van der Waals surface area contributed by atoms with Gasteiger partial charge in [-0.05, 0) is 59.4 Å². The van der Waals surface area contributed by atoms with Gasteiger partial charge in [0.1, 0.15) is 0 Å². The Morgan fingerprint density at radius 2 is 1.60 bits per heavy atom. The lowest BCUT2D eigenvalue weighted by molar-refractivity contribution is 0.406. The van der Waals surface area contributed by atoms with Crippen LogP contribution in [-0.2, 0) is 19.3 Å². The first-order valence-corrected chi connectivity index (χ1v) is 10.5. The van der Waals surface area contributed by atoms with E-state index in [1.165, 1.54) is 80.9 Å². The Balaban J connectivity index is 1.63. The third-order valence-electron chi connectivity index (χ3n) is 5.83. The lowest BCUT2D eigenvalue weighted by Gasteiger charge is -2.25. The summed E-state index contributed by atoms with van der Waals surface area (Å²) in [6, 6.07) is 16.4. The van der Waals surface area contributed by atoms with Crippen LogP contribution in [0.2, 0.25) is 0 Å². The Labute approximate surface area is 154 Å². The first kappa shape index (κ1) is 18.2. The second kappa shape index (κ2) is 9.22. The maximum Gasteiger partial charge on any atom is -0.0181 e. The van der Waals surface area contributed by atoms with Gasteiger partial charge in [0.05, 0.1) is 0 Å². The average Bonchev–Trinajstić information content (AvgIpc) is 2.66. The van der Waals surface area contributed by atoms with Crippen molar-refractivity contribution in [1.29, 1.82) is 0 Å². The Morgan fingerprint density at radius 3 is 2.36 bits per heavy atom. The molecule has 25 heavy (non-hydrogen) atoms. The van der Waals surface area contributed by atoms with E-state index in [2.05, 4.69) is 56.3 Å². The topological polar surface area (TPSA) is 0 Å². The normalized spacial score (nSPS) is 16.6. The molecule has 1 atom stereocenters. The molecule has 0 heteroatoms. The predicted octanol–water partition coefficient (Wildman–Crippen LogP) is 7.38. The van der Waals surface area contributed by atoms with Crippen molar-refractivity contribution in [2.24, 2.45) is 5.92 Å². The minimum Gasteiger partial charge on any atom is -0.0654 e. The molecule has 134 valence electrons. The van der Waals surface area contributed by atoms with Gasteiger partial charge in [-0.1, -0.05) is 94.8 Å². The van der Waals surface area contributed by atoms with Crippen LogP contribution in [0.15, 0.2) is 42.5 Å². The quantitative estimate of drug-likeness (QED) is 0.442. The van der Waals surface area contributed by atoms with Gasteiger partial charge < -0.3 is 0 Å². The summed E-state index contributed by atoms with van der Waals surface area (Å²) in [5, 5.41) is 0. The summed E-state index contributed by atoms with van der Waals surface area (Å²) in [7, 11) is 0. The Bertz CT molecular complexity index is 650. The van der Waals surface area contributed by atoms with Crippen LogP contribution >= 0.6 is 0 Å². The molecule has 0 spiro atoms. The summed E-state index contributed by atoms with van der Waals surface area (Å²) < 4.78 is 0. The van der Waals surface area contributed by atoms with Crippen molar-refractivity contribution in [3.63, 3.8) is 0 Å². The van der Waals surface area contributed by atoms with Gasteiger partial charge in [-0.15, -0.1) is 0 Å². The second-order valence-corrected chi connectivity index (χ2v) is 7.89. The Hall–Kier alpha value is -1.56. The van der Waals surface area contributed by atoms with Crippen LogP contribution in [0.3, 0.4) is 0 Å². The average molecular weight is 335 g/mol. The van der Waals surface area contributed by atoms with E-state index in [0.29, 0.717) is 0 Å². The zero-order valence-corrected chi connectivity index (χ0v) is 16.2. The maximum atomic E-state index is 2.46. The minimum absolute atomic E-state index is 0.920. The van der Waals surface area contributed by atoms with Crippen molar-refractivity contribution in [2.45, 2.75) is 78.1 Å². The number of unbranched alkanes of at least 4 members (excludes halogenated alkanes) is 3. The van der Waals surface area contributed by atoms with Crippen molar-refractivity contribution in [1.82, 2.24) is 0 Å².